The van der Waals surface area contributed by atoms with Gasteiger partial charge in [-0.3, -0.25) is 14.4 Å². The molecule has 0 bridgehead atoms. The van der Waals surface area contributed by atoms with Crippen LogP contribution in [0.1, 0.15) is 94.1 Å². The van der Waals surface area contributed by atoms with E-state index in [0.29, 0.717) is 41.0 Å². The average molecular weight is 901 g/mol. The number of nitrogens with one attached hydrogen (secondary N) is 1. The molecule has 0 radical (unpaired) electrons. The van der Waals surface area contributed by atoms with Gasteiger partial charge < -0.3 is 46.1 Å². The van der Waals surface area contributed by atoms with Gasteiger partial charge >= 0.3 is 39.1 Å². The molecule has 5 heterocycles. The number of aliphatic hydroxyl groups is 1. The summed E-state index contributed by atoms with van der Waals surface area (Å²) in [6.45, 7) is 9.91. The Morgan fingerprint density at radius 3 is 2.25 bits per heavy atom. The van der Waals surface area contributed by atoms with Crippen LogP contribution in [0.25, 0.3) is 34.2 Å². The van der Waals surface area contributed by atoms with E-state index in [9.17, 15) is 34.5 Å². The summed E-state index contributed by atoms with van der Waals surface area (Å²) in [4.78, 5) is 55.5. The van der Waals surface area contributed by atoms with Gasteiger partial charge in [0.15, 0.2) is 5.41 Å². The Morgan fingerprint density at radius 1 is 1.06 bits per heavy atom. The fourth-order valence-electron chi connectivity index (χ4n) is 7.08. The van der Waals surface area contributed by atoms with Gasteiger partial charge in [0.2, 0.25) is 0 Å². The number of carboxylic acids is 2. The number of nitrogens with zero attached hydrogens (tertiary/aromatic N) is 3. The monoisotopic (exact) mass is 900 g/mol. The fraction of sp³-hybridized carbons (Fsp3) is 0.486. The molecule has 4 aliphatic rings. The summed E-state index contributed by atoms with van der Waals surface area (Å²) < 4.78 is 12.6. The molecule has 7 rings (SSSR count). The molecule has 14 nitrogen and oxygen atoms in total. The number of piperidine rings is 1. The number of aliphatic hydroxyl groups excluding tert-OH is 1. The average Bonchev–Trinajstić information content (AvgIpc) is 3.48. The van der Waals surface area contributed by atoms with Gasteiger partial charge in [0, 0.05) is 29.6 Å². The number of nitrogens with two attached hydrogens (primary N) is 1. The number of rotatable bonds is 4. The Kier molecular flexibility index (Phi) is 14.3. The summed E-state index contributed by atoms with van der Waals surface area (Å²) >= 11 is 0. The maximum absolute atomic E-state index is 13.3. The van der Waals surface area contributed by atoms with Crippen molar-refractivity contribution in [2.45, 2.75) is 97.4 Å². The van der Waals surface area contributed by atoms with Crippen molar-refractivity contribution >= 4 is 28.9 Å². The Bertz CT molecular complexity index is 1870. The molecule has 1 amide bonds. The Hall–Kier alpha value is -4.10. The van der Waals surface area contributed by atoms with E-state index >= 15 is 0 Å². The molecule has 0 spiro atoms. The van der Waals surface area contributed by atoms with Crippen LogP contribution >= 0.6 is 0 Å². The number of hydrogen-bond acceptors (Lipinski definition) is 8. The Labute approximate surface area is 316 Å². The number of aryl methyl sites for hydroxylation is 1. The van der Waals surface area contributed by atoms with E-state index in [2.05, 4.69) is 6.58 Å². The zero-order chi connectivity index (χ0) is 36.3. The van der Waals surface area contributed by atoms with Crippen LogP contribution in [0.2, 0.25) is 0 Å². The number of carbonyl (C=O) groups is 3. The van der Waals surface area contributed by atoms with E-state index in [1.807, 2.05) is 20.8 Å². The molecular formula is C37H47N5O9Pt. The quantitative estimate of drug-likeness (QED) is 0.179. The van der Waals surface area contributed by atoms with Gasteiger partial charge in [-0.05, 0) is 49.1 Å². The van der Waals surface area contributed by atoms with Gasteiger partial charge in [-0.1, -0.05) is 59.5 Å². The van der Waals surface area contributed by atoms with Crippen LogP contribution in [0.5, 0.6) is 5.75 Å². The van der Waals surface area contributed by atoms with E-state index in [0.717, 1.165) is 29.4 Å². The predicted molar refractivity (Wildman–Crippen MR) is 191 cm³/mol. The van der Waals surface area contributed by atoms with Crippen LogP contribution in [0.15, 0.2) is 41.4 Å². The smallest absolute Gasteiger partial charge is 0.693 e. The summed E-state index contributed by atoms with van der Waals surface area (Å²) in [5, 5.41) is 30.2. The number of likely N-dealkylation sites (tertiary alicyclic amines) is 1. The predicted octanol–water partition coefficient (Wildman–Crippen LogP) is 6.93. The third kappa shape index (κ3) is 7.95. The fourth-order valence-corrected chi connectivity index (χ4v) is 7.08. The van der Waals surface area contributed by atoms with Gasteiger partial charge in [-0.25, -0.2) is 9.78 Å². The summed E-state index contributed by atoms with van der Waals surface area (Å²) in [5.74, 6) is -2.39. The number of hydrogen-bond donors (Lipinski definition) is 3. The third-order valence-corrected chi connectivity index (χ3v) is 10.0. The molecular weight excluding hydrogens is 854 g/mol. The summed E-state index contributed by atoms with van der Waals surface area (Å²) in [6.07, 6.45) is 4.64. The zero-order valence-electron chi connectivity index (χ0n) is 29.7. The van der Waals surface area contributed by atoms with Crippen molar-refractivity contribution in [1.82, 2.24) is 14.5 Å². The first-order valence-electron chi connectivity index (χ1n) is 17.3. The van der Waals surface area contributed by atoms with Crippen molar-refractivity contribution in [2.75, 3.05) is 13.1 Å². The van der Waals surface area contributed by atoms with Crippen LogP contribution in [0, 0.1) is 5.41 Å². The van der Waals surface area contributed by atoms with Crippen LogP contribution in [0.3, 0.4) is 0 Å². The molecule has 1 saturated carbocycles. The molecule has 3 aliphatic heterocycles. The second-order valence-corrected chi connectivity index (χ2v) is 12.8. The van der Waals surface area contributed by atoms with Crippen molar-refractivity contribution in [3.63, 3.8) is 0 Å². The van der Waals surface area contributed by atoms with Gasteiger partial charge in [-0.2, -0.15) is 0 Å². The SMILES string of the molecule is C=C1OCc2c(cc3n(c2=O)Cc2c-3nc3ccc(OC(=O)N4CCC(C(=O)O)(C(=O)O)CC4)cc3c2CC)C1O.CC.[NH-]C1CCCCC1.[NH2-].[Pt+2]. The van der Waals surface area contributed by atoms with Crippen LogP contribution in [-0.4, -0.2) is 66.9 Å². The Balaban J connectivity index is 0.000000588. The van der Waals surface area contributed by atoms with Gasteiger partial charge in [0.05, 0.1) is 29.0 Å². The van der Waals surface area contributed by atoms with E-state index < -0.39 is 29.6 Å². The first-order chi connectivity index (χ1) is 23.9. The molecule has 1 aliphatic carbocycles. The minimum Gasteiger partial charge on any atom is -0.693 e. The van der Waals surface area contributed by atoms with Crippen molar-refractivity contribution in [2.24, 2.45) is 5.41 Å². The van der Waals surface area contributed by atoms with Crippen molar-refractivity contribution in [3.05, 3.63) is 81.1 Å². The minimum absolute atomic E-state index is 0. The first-order valence-corrected chi connectivity index (χ1v) is 17.3. The number of aliphatic carboxylic acids is 2. The first kappa shape index (κ1) is 42.3. The zero-order valence-corrected chi connectivity index (χ0v) is 32.0. The van der Waals surface area contributed by atoms with Crippen LogP contribution < -0.4 is 10.3 Å². The molecule has 52 heavy (non-hydrogen) atoms. The number of pyridine rings is 2. The van der Waals surface area contributed by atoms with Gasteiger partial charge in [0.1, 0.15) is 24.2 Å². The van der Waals surface area contributed by atoms with E-state index in [1.54, 1.807) is 28.8 Å². The molecule has 1 unspecified atom stereocenters. The van der Waals surface area contributed by atoms with Gasteiger partial charge in [0.25, 0.3) is 5.56 Å². The largest absolute Gasteiger partial charge is 2.00 e. The number of fused-ring (bicyclic) bond motifs is 5. The molecule has 6 N–H and O–H groups in total. The number of aromatic nitrogens is 2. The second-order valence-electron chi connectivity index (χ2n) is 12.8. The summed E-state index contributed by atoms with van der Waals surface area (Å²) in [5.41, 5.74) is 9.66. The van der Waals surface area contributed by atoms with E-state index in [-0.39, 0.29) is 82.9 Å². The van der Waals surface area contributed by atoms with Crippen LogP contribution in [0.4, 0.5) is 4.79 Å². The molecule has 1 atom stereocenters. The number of benzene rings is 1. The number of carbonyl (C=O) groups excluding carboxylic acids is 1. The third-order valence-electron chi connectivity index (χ3n) is 10.0. The second kappa shape index (κ2) is 17.6. The maximum Gasteiger partial charge on any atom is 2.00 e. The number of amides is 1. The van der Waals surface area contributed by atoms with Crippen molar-refractivity contribution in [1.29, 1.82) is 0 Å². The summed E-state index contributed by atoms with van der Waals surface area (Å²) in [7, 11) is 0. The molecule has 3 aromatic rings. The van der Waals surface area contributed by atoms with Gasteiger partial charge in [-0.15, -0.1) is 6.04 Å². The summed E-state index contributed by atoms with van der Waals surface area (Å²) in [6, 6.07) is 7.09. The standard InChI is InChI=1S/C29H27N3O9.C6H12N.C2H6.H2N.Pt/c1-3-16-17-10-15(41-28(39)31-8-6-29(7-9-31,26(35)36)27(37)38)4-5-21(17)30-23-19(16)12-32-22(23)11-18-20(25(32)34)13-40-14(2)24(18)33;7-6-4-2-1-3-5-6;1-2;;/h4-5,10-11,24,33H,2-3,6-9,12-13H2,1H3,(H,35,36)(H,37,38);6-7H,1-5H2;1-2H3;1H2;/q;-1;;-1;+2. The maximum atomic E-state index is 13.3. The van der Waals surface area contributed by atoms with E-state index in [1.165, 1.54) is 24.2 Å². The van der Waals surface area contributed by atoms with Crippen molar-refractivity contribution in [3.8, 4) is 17.1 Å². The Morgan fingerprint density at radius 2 is 1.69 bits per heavy atom. The normalized spacial score (nSPS) is 18.3. The molecule has 1 aromatic carbocycles. The molecule has 2 aromatic heterocycles. The number of ether oxygens (including phenoxy) is 2. The van der Waals surface area contributed by atoms with Crippen molar-refractivity contribution < 1.29 is 60.2 Å². The molecule has 15 heteroatoms. The van der Waals surface area contributed by atoms with E-state index in [4.69, 9.17) is 20.2 Å². The molecule has 2 fully saturated rings. The molecule has 1 saturated heterocycles. The van der Waals surface area contributed by atoms with Crippen LogP contribution in [-0.2, 0) is 55.0 Å². The topological polar surface area (TPSA) is 226 Å². The number of carboxylic acid groups (broad SMARTS) is 2. The minimum atomic E-state index is -1.92. The molecule has 284 valence electrons.